The number of hydrogen-bond donors (Lipinski definition) is 1. The summed E-state index contributed by atoms with van der Waals surface area (Å²) in [6.07, 6.45) is 1.95. The summed E-state index contributed by atoms with van der Waals surface area (Å²) in [6, 6.07) is 1.98. The molecule has 3 nitrogen and oxygen atoms in total. The van der Waals surface area contributed by atoms with E-state index in [-0.39, 0.29) is 6.61 Å². The van der Waals surface area contributed by atoms with Gasteiger partial charge in [-0.3, -0.25) is 4.68 Å². The SMILES string of the molecule is OCCn1cc2sccc2n1. The average molecular weight is 168 g/mol. The van der Waals surface area contributed by atoms with Crippen LogP contribution in [0.3, 0.4) is 0 Å². The highest BCUT2D eigenvalue weighted by Crippen LogP contribution is 2.18. The van der Waals surface area contributed by atoms with Crippen LogP contribution in [0, 0.1) is 0 Å². The van der Waals surface area contributed by atoms with E-state index in [1.165, 1.54) is 4.70 Å². The smallest absolute Gasteiger partial charge is 0.103 e. The third kappa shape index (κ3) is 1.15. The Morgan fingerprint density at radius 2 is 2.55 bits per heavy atom. The molecule has 0 aliphatic heterocycles. The van der Waals surface area contributed by atoms with Crippen molar-refractivity contribution in [3.63, 3.8) is 0 Å². The summed E-state index contributed by atoms with van der Waals surface area (Å²) in [5.41, 5.74) is 1.02. The monoisotopic (exact) mass is 168 g/mol. The molecule has 2 rings (SSSR count). The van der Waals surface area contributed by atoms with Crippen LogP contribution in [0.15, 0.2) is 17.6 Å². The summed E-state index contributed by atoms with van der Waals surface area (Å²) in [7, 11) is 0. The molecule has 4 heteroatoms. The second-order valence-electron chi connectivity index (χ2n) is 2.29. The van der Waals surface area contributed by atoms with Crippen molar-refractivity contribution in [3.05, 3.63) is 17.6 Å². The van der Waals surface area contributed by atoms with Crippen molar-refractivity contribution in [1.82, 2.24) is 9.78 Å². The average Bonchev–Trinajstić information content (AvgIpc) is 2.46. The number of rotatable bonds is 2. The maximum absolute atomic E-state index is 8.62. The van der Waals surface area contributed by atoms with Crippen LogP contribution >= 0.6 is 11.3 Å². The highest BCUT2D eigenvalue weighted by molar-refractivity contribution is 7.17. The Labute approximate surface area is 67.9 Å². The molecular formula is C7H8N2OS. The van der Waals surface area contributed by atoms with E-state index in [1.54, 1.807) is 16.0 Å². The maximum atomic E-state index is 8.62. The molecule has 2 heterocycles. The predicted octanol–water partition coefficient (Wildman–Crippen LogP) is 1.09. The Balaban J connectivity index is 2.42. The lowest BCUT2D eigenvalue weighted by atomic mass is 10.5. The van der Waals surface area contributed by atoms with E-state index in [4.69, 9.17) is 5.11 Å². The molecular weight excluding hydrogens is 160 g/mol. The molecule has 0 spiro atoms. The summed E-state index contributed by atoms with van der Waals surface area (Å²) < 4.78 is 2.94. The topological polar surface area (TPSA) is 38.0 Å². The molecule has 0 aliphatic carbocycles. The highest BCUT2D eigenvalue weighted by atomic mass is 32.1. The molecule has 0 radical (unpaired) electrons. The van der Waals surface area contributed by atoms with Crippen molar-refractivity contribution in [2.24, 2.45) is 0 Å². The highest BCUT2D eigenvalue weighted by Gasteiger charge is 1.99. The van der Waals surface area contributed by atoms with E-state index >= 15 is 0 Å². The van der Waals surface area contributed by atoms with Crippen LogP contribution in [0.1, 0.15) is 0 Å². The zero-order chi connectivity index (χ0) is 7.68. The lowest BCUT2D eigenvalue weighted by Gasteiger charge is -1.93. The van der Waals surface area contributed by atoms with Crippen molar-refractivity contribution in [1.29, 1.82) is 0 Å². The van der Waals surface area contributed by atoms with Gasteiger partial charge in [0, 0.05) is 6.20 Å². The van der Waals surface area contributed by atoms with Crippen LogP contribution in [0.2, 0.25) is 0 Å². The van der Waals surface area contributed by atoms with Gasteiger partial charge in [0.05, 0.1) is 17.9 Å². The standard InChI is InChI=1S/C7H8N2OS/c10-3-2-9-5-7-6(8-9)1-4-11-7/h1,4-5,10H,2-3H2. The van der Waals surface area contributed by atoms with Gasteiger partial charge in [-0.25, -0.2) is 0 Å². The van der Waals surface area contributed by atoms with Crippen LogP contribution in [-0.2, 0) is 6.54 Å². The third-order valence-electron chi connectivity index (χ3n) is 1.50. The number of nitrogens with zero attached hydrogens (tertiary/aromatic N) is 2. The fraction of sp³-hybridized carbons (Fsp3) is 0.286. The molecule has 0 amide bonds. The Hall–Kier alpha value is -0.870. The second kappa shape index (κ2) is 2.64. The van der Waals surface area contributed by atoms with Gasteiger partial charge in [-0.2, -0.15) is 5.10 Å². The number of aliphatic hydroxyl groups is 1. The van der Waals surface area contributed by atoms with Crippen molar-refractivity contribution in [3.8, 4) is 0 Å². The van der Waals surface area contributed by atoms with Gasteiger partial charge in [-0.1, -0.05) is 0 Å². The molecule has 2 aromatic rings. The molecule has 11 heavy (non-hydrogen) atoms. The molecule has 0 aromatic carbocycles. The number of hydrogen-bond acceptors (Lipinski definition) is 3. The molecule has 1 N–H and O–H groups in total. The first-order valence-corrected chi connectivity index (χ1v) is 4.29. The van der Waals surface area contributed by atoms with E-state index in [2.05, 4.69) is 5.10 Å². The molecule has 0 atom stereocenters. The largest absolute Gasteiger partial charge is 0.394 e. The maximum Gasteiger partial charge on any atom is 0.103 e. The molecule has 2 aromatic heterocycles. The van der Waals surface area contributed by atoms with Gasteiger partial charge in [0.1, 0.15) is 5.52 Å². The summed E-state index contributed by atoms with van der Waals surface area (Å²) in [5, 5.41) is 14.9. The van der Waals surface area contributed by atoms with Gasteiger partial charge >= 0.3 is 0 Å². The van der Waals surface area contributed by atoms with Crippen LogP contribution in [0.5, 0.6) is 0 Å². The fourth-order valence-corrected chi connectivity index (χ4v) is 1.77. The molecule has 58 valence electrons. The quantitative estimate of drug-likeness (QED) is 0.729. The van der Waals surface area contributed by atoms with E-state index in [0.717, 1.165) is 5.52 Å². The predicted molar refractivity (Wildman–Crippen MR) is 44.7 cm³/mol. The third-order valence-corrected chi connectivity index (χ3v) is 2.35. The Bertz CT molecular complexity index is 323. The fourth-order valence-electron chi connectivity index (χ4n) is 1.01. The Morgan fingerprint density at radius 3 is 3.27 bits per heavy atom. The normalized spacial score (nSPS) is 11.0. The van der Waals surface area contributed by atoms with E-state index in [1.807, 2.05) is 17.6 Å². The van der Waals surface area contributed by atoms with Crippen molar-refractivity contribution in [2.75, 3.05) is 6.61 Å². The molecule has 0 saturated carbocycles. The summed E-state index contributed by atoms with van der Waals surface area (Å²) >= 11 is 1.67. The number of fused-ring (bicyclic) bond motifs is 1. The minimum Gasteiger partial charge on any atom is -0.394 e. The Morgan fingerprint density at radius 1 is 1.64 bits per heavy atom. The Kier molecular flexibility index (Phi) is 1.63. The van der Waals surface area contributed by atoms with Crippen LogP contribution < -0.4 is 0 Å². The second-order valence-corrected chi connectivity index (χ2v) is 3.23. The number of aliphatic hydroxyl groups excluding tert-OH is 1. The van der Waals surface area contributed by atoms with Gasteiger partial charge in [0.25, 0.3) is 0 Å². The van der Waals surface area contributed by atoms with Crippen molar-refractivity contribution < 1.29 is 5.11 Å². The van der Waals surface area contributed by atoms with E-state index < -0.39 is 0 Å². The minimum absolute atomic E-state index is 0.148. The van der Waals surface area contributed by atoms with Gasteiger partial charge in [-0.15, -0.1) is 11.3 Å². The van der Waals surface area contributed by atoms with E-state index in [0.29, 0.717) is 6.54 Å². The zero-order valence-electron chi connectivity index (χ0n) is 5.90. The summed E-state index contributed by atoms with van der Waals surface area (Å²) in [4.78, 5) is 0. The zero-order valence-corrected chi connectivity index (χ0v) is 6.71. The van der Waals surface area contributed by atoms with Crippen molar-refractivity contribution >= 4 is 21.6 Å². The van der Waals surface area contributed by atoms with Crippen molar-refractivity contribution in [2.45, 2.75) is 6.54 Å². The lowest BCUT2D eigenvalue weighted by Crippen LogP contribution is -2.01. The first-order valence-electron chi connectivity index (χ1n) is 3.41. The van der Waals surface area contributed by atoms with Gasteiger partial charge in [-0.05, 0) is 11.4 Å². The molecule has 0 saturated heterocycles. The first-order chi connectivity index (χ1) is 5.40. The van der Waals surface area contributed by atoms with Gasteiger partial charge in [0.15, 0.2) is 0 Å². The van der Waals surface area contributed by atoms with Crippen LogP contribution in [0.25, 0.3) is 10.2 Å². The molecule has 0 bridgehead atoms. The van der Waals surface area contributed by atoms with Crippen LogP contribution in [0.4, 0.5) is 0 Å². The number of thiophene rings is 1. The van der Waals surface area contributed by atoms with E-state index in [9.17, 15) is 0 Å². The molecule has 0 fully saturated rings. The minimum atomic E-state index is 0.148. The molecule has 0 unspecified atom stereocenters. The summed E-state index contributed by atoms with van der Waals surface area (Å²) in [5.74, 6) is 0. The summed E-state index contributed by atoms with van der Waals surface area (Å²) in [6.45, 7) is 0.732. The van der Waals surface area contributed by atoms with Gasteiger partial charge < -0.3 is 5.11 Å². The first kappa shape index (κ1) is 6.82. The number of aromatic nitrogens is 2. The lowest BCUT2D eigenvalue weighted by molar-refractivity contribution is 0.270. The van der Waals surface area contributed by atoms with Crippen LogP contribution in [-0.4, -0.2) is 21.5 Å². The molecule has 0 aliphatic rings. The van der Waals surface area contributed by atoms with Gasteiger partial charge in [0.2, 0.25) is 0 Å².